The Hall–Kier alpha value is -3.06. The molecule has 3 fully saturated rings. The Morgan fingerprint density at radius 3 is 2.30 bits per heavy atom. The van der Waals surface area contributed by atoms with Crippen LogP contribution < -0.4 is 4.74 Å². The van der Waals surface area contributed by atoms with Crippen molar-refractivity contribution in [3.63, 3.8) is 0 Å². The van der Waals surface area contributed by atoms with E-state index in [1.165, 1.54) is 12.0 Å². The number of ether oxygens (including phenoxy) is 2. The number of piperidine rings is 1. The first-order valence-electron chi connectivity index (χ1n) is 13.6. The van der Waals surface area contributed by atoms with E-state index in [2.05, 4.69) is 34.1 Å². The zero-order valence-corrected chi connectivity index (χ0v) is 22.1. The van der Waals surface area contributed by atoms with E-state index in [4.69, 9.17) is 9.47 Å². The maximum absolute atomic E-state index is 13.8. The second-order valence-electron chi connectivity index (χ2n) is 10.9. The number of amides is 2. The van der Waals surface area contributed by atoms with E-state index in [0.717, 1.165) is 56.9 Å². The van der Waals surface area contributed by atoms with Crippen molar-refractivity contribution in [1.29, 1.82) is 0 Å². The van der Waals surface area contributed by atoms with Gasteiger partial charge < -0.3 is 19.3 Å². The van der Waals surface area contributed by atoms with Crippen molar-refractivity contribution in [2.24, 2.45) is 11.3 Å². The molecule has 7 heteroatoms. The predicted molar refractivity (Wildman–Crippen MR) is 142 cm³/mol. The number of rotatable bonds is 6. The van der Waals surface area contributed by atoms with Gasteiger partial charge in [-0.3, -0.25) is 9.69 Å². The molecule has 7 nitrogen and oxygen atoms in total. The van der Waals surface area contributed by atoms with Gasteiger partial charge in [0.15, 0.2) is 0 Å². The fourth-order valence-corrected chi connectivity index (χ4v) is 6.45. The van der Waals surface area contributed by atoms with Gasteiger partial charge in [0.05, 0.1) is 19.6 Å². The Bertz CT molecular complexity index is 1070. The van der Waals surface area contributed by atoms with Crippen LogP contribution in [0, 0.1) is 11.3 Å². The molecule has 5 rings (SSSR count). The van der Waals surface area contributed by atoms with Crippen LogP contribution in [0.5, 0.6) is 5.75 Å². The summed E-state index contributed by atoms with van der Waals surface area (Å²) in [6, 6.07) is 18.5. The average molecular weight is 506 g/mol. The lowest BCUT2D eigenvalue weighted by atomic mass is 9.77. The van der Waals surface area contributed by atoms with Crippen molar-refractivity contribution in [2.45, 2.75) is 38.6 Å². The molecule has 0 aliphatic carbocycles. The Labute approximate surface area is 220 Å². The van der Waals surface area contributed by atoms with Gasteiger partial charge in [0.2, 0.25) is 5.91 Å². The number of carbonyl (C=O) groups excluding carboxylic acids is 2. The lowest BCUT2D eigenvalue weighted by molar-refractivity contribution is -0.137. The van der Waals surface area contributed by atoms with Crippen molar-refractivity contribution < 1.29 is 19.1 Å². The SMILES string of the molecule is CCOC(=O)N1C[C@H](c2ccccc2)[C@H](C(=O)N2CCC3(CCN(Cc4ccc(OC)cc4)C3)CC2)C1. The normalized spacial score (nSPS) is 23.4. The molecule has 3 aliphatic rings. The van der Waals surface area contributed by atoms with Crippen LogP contribution in [0.25, 0.3) is 0 Å². The zero-order chi connectivity index (χ0) is 25.8. The van der Waals surface area contributed by atoms with Crippen LogP contribution in [-0.2, 0) is 16.1 Å². The van der Waals surface area contributed by atoms with Crippen molar-refractivity contribution in [2.75, 3.05) is 53.0 Å². The summed E-state index contributed by atoms with van der Waals surface area (Å²) in [5, 5.41) is 0. The number of carbonyl (C=O) groups is 2. The molecule has 1 spiro atoms. The van der Waals surface area contributed by atoms with E-state index in [1.54, 1.807) is 12.0 Å². The Kier molecular flexibility index (Phi) is 7.70. The maximum Gasteiger partial charge on any atom is 0.409 e. The highest BCUT2D eigenvalue weighted by Crippen LogP contribution is 2.42. The van der Waals surface area contributed by atoms with Gasteiger partial charge in [-0.05, 0) is 61.4 Å². The third-order valence-electron chi connectivity index (χ3n) is 8.61. The van der Waals surface area contributed by atoms with E-state index in [-0.39, 0.29) is 23.8 Å². The van der Waals surface area contributed by atoms with Crippen molar-refractivity contribution in [3.05, 3.63) is 65.7 Å². The third-order valence-corrected chi connectivity index (χ3v) is 8.61. The molecular weight excluding hydrogens is 466 g/mol. The first-order chi connectivity index (χ1) is 18.0. The first kappa shape index (κ1) is 25.6. The van der Waals surface area contributed by atoms with Gasteiger partial charge in [0.25, 0.3) is 0 Å². The number of hydrogen-bond donors (Lipinski definition) is 0. The van der Waals surface area contributed by atoms with E-state index in [0.29, 0.717) is 25.1 Å². The molecule has 2 aromatic rings. The standard InChI is InChI=1S/C30H39N3O4/c1-3-37-29(35)33-20-26(24-7-5-4-6-8-24)27(21-33)28(34)32-17-14-30(15-18-32)13-16-31(22-30)19-23-9-11-25(36-2)12-10-23/h4-12,26-27H,3,13-22H2,1-2H3/t26-,27-/m1/s1. The molecule has 0 unspecified atom stereocenters. The molecule has 3 aliphatic heterocycles. The predicted octanol–water partition coefficient (Wildman–Crippen LogP) is 4.38. The summed E-state index contributed by atoms with van der Waals surface area (Å²) < 4.78 is 10.5. The molecule has 198 valence electrons. The fourth-order valence-electron chi connectivity index (χ4n) is 6.45. The lowest BCUT2D eigenvalue weighted by Crippen LogP contribution is -2.47. The van der Waals surface area contributed by atoms with E-state index < -0.39 is 0 Å². The van der Waals surface area contributed by atoms with Gasteiger partial charge in [-0.1, -0.05) is 42.5 Å². The average Bonchev–Trinajstić information content (AvgIpc) is 3.55. The fraction of sp³-hybridized carbons (Fsp3) is 0.533. The molecule has 0 aromatic heterocycles. The van der Waals surface area contributed by atoms with Crippen LogP contribution in [0.4, 0.5) is 4.79 Å². The quantitative estimate of drug-likeness (QED) is 0.583. The highest BCUT2D eigenvalue weighted by molar-refractivity contribution is 5.82. The number of methoxy groups -OCH3 is 1. The van der Waals surface area contributed by atoms with Gasteiger partial charge in [0.1, 0.15) is 5.75 Å². The first-order valence-corrected chi connectivity index (χ1v) is 13.6. The molecule has 3 heterocycles. The molecule has 3 saturated heterocycles. The summed E-state index contributed by atoms with van der Waals surface area (Å²) in [4.78, 5) is 32.6. The molecule has 0 saturated carbocycles. The third kappa shape index (κ3) is 5.61. The number of hydrogen-bond acceptors (Lipinski definition) is 5. The zero-order valence-electron chi connectivity index (χ0n) is 22.1. The number of benzene rings is 2. The minimum Gasteiger partial charge on any atom is -0.497 e. The molecule has 2 aromatic carbocycles. The highest BCUT2D eigenvalue weighted by Gasteiger charge is 2.46. The Morgan fingerprint density at radius 2 is 1.62 bits per heavy atom. The van der Waals surface area contributed by atoms with Gasteiger partial charge in [-0.25, -0.2) is 4.79 Å². The summed E-state index contributed by atoms with van der Waals surface area (Å²) in [6.45, 7) is 7.86. The second kappa shape index (κ2) is 11.1. The maximum atomic E-state index is 13.8. The molecule has 0 N–H and O–H groups in total. The lowest BCUT2D eigenvalue weighted by Gasteiger charge is -2.40. The van der Waals surface area contributed by atoms with Gasteiger partial charge in [0, 0.05) is 45.2 Å². The smallest absolute Gasteiger partial charge is 0.409 e. The number of nitrogens with zero attached hydrogens (tertiary/aromatic N) is 3. The molecular formula is C30H39N3O4. The molecule has 2 atom stereocenters. The summed E-state index contributed by atoms with van der Waals surface area (Å²) in [6.07, 6.45) is 2.96. The summed E-state index contributed by atoms with van der Waals surface area (Å²) in [7, 11) is 1.70. The topological polar surface area (TPSA) is 62.3 Å². The van der Waals surface area contributed by atoms with E-state index >= 15 is 0 Å². The largest absolute Gasteiger partial charge is 0.497 e. The monoisotopic (exact) mass is 505 g/mol. The highest BCUT2D eigenvalue weighted by atomic mass is 16.6. The van der Waals surface area contributed by atoms with Crippen molar-refractivity contribution >= 4 is 12.0 Å². The van der Waals surface area contributed by atoms with Crippen LogP contribution in [0.1, 0.15) is 43.2 Å². The molecule has 37 heavy (non-hydrogen) atoms. The Morgan fingerprint density at radius 1 is 0.919 bits per heavy atom. The molecule has 0 radical (unpaired) electrons. The van der Waals surface area contributed by atoms with E-state index in [1.807, 2.05) is 37.3 Å². The van der Waals surface area contributed by atoms with Crippen LogP contribution >= 0.6 is 0 Å². The van der Waals surface area contributed by atoms with Gasteiger partial charge in [-0.2, -0.15) is 0 Å². The van der Waals surface area contributed by atoms with Crippen LogP contribution in [-0.4, -0.2) is 79.7 Å². The molecule has 2 amide bonds. The molecule has 0 bridgehead atoms. The summed E-state index contributed by atoms with van der Waals surface area (Å²) in [5.41, 5.74) is 2.73. The van der Waals surface area contributed by atoms with Crippen LogP contribution in [0.15, 0.2) is 54.6 Å². The second-order valence-corrected chi connectivity index (χ2v) is 10.9. The Balaban J connectivity index is 1.20. The summed E-state index contributed by atoms with van der Waals surface area (Å²) >= 11 is 0. The summed E-state index contributed by atoms with van der Waals surface area (Å²) in [5.74, 6) is 0.848. The van der Waals surface area contributed by atoms with Gasteiger partial charge in [-0.15, -0.1) is 0 Å². The van der Waals surface area contributed by atoms with Crippen molar-refractivity contribution in [3.8, 4) is 5.75 Å². The van der Waals surface area contributed by atoms with E-state index in [9.17, 15) is 9.59 Å². The number of likely N-dealkylation sites (tertiary alicyclic amines) is 3. The van der Waals surface area contributed by atoms with Crippen molar-refractivity contribution in [1.82, 2.24) is 14.7 Å². The van der Waals surface area contributed by atoms with Crippen LogP contribution in [0.2, 0.25) is 0 Å². The minimum absolute atomic E-state index is 0.000427. The van der Waals surface area contributed by atoms with Gasteiger partial charge >= 0.3 is 6.09 Å². The van der Waals surface area contributed by atoms with Crippen LogP contribution in [0.3, 0.4) is 0 Å². The minimum atomic E-state index is -0.320.